The molecule has 0 saturated carbocycles. The van der Waals surface area contributed by atoms with Gasteiger partial charge in [0.2, 0.25) is 0 Å². The smallest absolute Gasteiger partial charge is 0.151 e. The number of nitrogens with zero attached hydrogens (tertiary/aromatic N) is 2. The highest BCUT2D eigenvalue weighted by Gasteiger charge is 2.13. The lowest BCUT2D eigenvalue weighted by Gasteiger charge is -2.10. The van der Waals surface area contributed by atoms with E-state index in [1.807, 2.05) is 10.9 Å². The Morgan fingerprint density at radius 2 is 2.14 bits per heavy atom. The standard InChI is InChI=1S/C14H27N3O3S/c1-4-6-14-13(11-15-7-9-20-3)12-16-17(14)8-10-21(18,19)5-2/h12,15H,4-11H2,1-3H3. The first-order valence-corrected chi connectivity index (χ1v) is 9.29. The van der Waals surface area contributed by atoms with Crippen LogP contribution in [0.5, 0.6) is 0 Å². The molecule has 0 aliphatic heterocycles. The van der Waals surface area contributed by atoms with Crippen molar-refractivity contribution in [3.63, 3.8) is 0 Å². The first-order valence-electron chi connectivity index (χ1n) is 7.47. The summed E-state index contributed by atoms with van der Waals surface area (Å²) in [7, 11) is -1.28. The lowest BCUT2D eigenvalue weighted by molar-refractivity contribution is 0.199. The van der Waals surface area contributed by atoms with E-state index in [1.165, 1.54) is 0 Å². The molecule has 0 atom stereocenters. The van der Waals surface area contributed by atoms with Crippen molar-refractivity contribution < 1.29 is 13.2 Å². The second-order valence-electron chi connectivity index (χ2n) is 5.00. The van der Waals surface area contributed by atoms with Crippen LogP contribution in [0.3, 0.4) is 0 Å². The van der Waals surface area contributed by atoms with Crippen LogP contribution in [0.15, 0.2) is 6.20 Å². The SMILES string of the molecule is CCCc1c(CNCCOC)cnn1CCS(=O)(=O)CC. The van der Waals surface area contributed by atoms with Gasteiger partial charge in [-0.2, -0.15) is 5.10 Å². The van der Waals surface area contributed by atoms with E-state index in [0.717, 1.165) is 37.2 Å². The molecule has 1 N–H and O–H groups in total. The Morgan fingerprint density at radius 1 is 1.38 bits per heavy atom. The maximum Gasteiger partial charge on any atom is 0.151 e. The number of aryl methyl sites for hydroxylation is 1. The summed E-state index contributed by atoms with van der Waals surface area (Å²) in [4.78, 5) is 0. The molecule has 0 fully saturated rings. The zero-order valence-electron chi connectivity index (χ0n) is 13.3. The Labute approximate surface area is 127 Å². The summed E-state index contributed by atoms with van der Waals surface area (Å²) in [6, 6.07) is 0. The van der Waals surface area contributed by atoms with E-state index in [0.29, 0.717) is 13.2 Å². The van der Waals surface area contributed by atoms with Crippen molar-refractivity contribution in [3.8, 4) is 0 Å². The van der Waals surface area contributed by atoms with Gasteiger partial charge >= 0.3 is 0 Å². The minimum atomic E-state index is -2.96. The lowest BCUT2D eigenvalue weighted by atomic mass is 10.1. The largest absolute Gasteiger partial charge is 0.383 e. The molecule has 0 aliphatic carbocycles. The first-order chi connectivity index (χ1) is 10.0. The van der Waals surface area contributed by atoms with Crippen molar-refractivity contribution in [1.82, 2.24) is 15.1 Å². The second kappa shape index (κ2) is 9.17. The molecule has 0 radical (unpaired) electrons. The van der Waals surface area contributed by atoms with Crippen LogP contribution in [-0.4, -0.2) is 50.0 Å². The minimum absolute atomic E-state index is 0.151. The van der Waals surface area contributed by atoms with E-state index in [4.69, 9.17) is 4.74 Å². The van der Waals surface area contributed by atoms with E-state index in [2.05, 4.69) is 17.3 Å². The van der Waals surface area contributed by atoms with Crippen molar-refractivity contribution in [3.05, 3.63) is 17.5 Å². The van der Waals surface area contributed by atoms with Gasteiger partial charge < -0.3 is 10.1 Å². The zero-order chi connectivity index (χ0) is 15.7. The van der Waals surface area contributed by atoms with Crippen molar-refractivity contribution in [2.75, 3.05) is 31.8 Å². The fourth-order valence-corrected chi connectivity index (χ4v) is 2.82. The number of hydrogen-bond acceptors (Lipinski definition) is 5. The van der Waals surface area contributed by atoms with Crippen molar-refractivity contribution >= 4 is 9.84 Å². The van der Waals surface area contributed by atoms with Gasteiger partial charge in [0, 0.05) is 37.2 Å². The molecule has 0 unspecified atom stereocenters. The fraction of sp³-hybridized carbons (Fsp3) is 0.786. The maximum absolute atomic E-state index is 11.6. The number of rotatable bonds is 11. The summed E-state index contributed by atoms with van der Waals surface area (Å²) in [5.74, 6) is 0.335. The van der Waals surface area contributed by atoms with E-state index in [9.17, 15) is 8.42 Å². The van der Waals surface area contributed by atoms with Crippen LogP contribution in [0.25, 0.3) is 0 Å². The first kappa shape index (κ1) is 18.1. The lowest BCUT2D eigenvalue weighted by Crippen LogP contribution is -2.20. The summed E-state index contributed by atoms with van der Waals surface area (Å²) in [5, 5.41) is 7.65. The number of hydrogen-bond donors (Lipinski definition) is 1. The third-order valence-electron chi connectivity index (χ3n) is 3.37. The van der Waals surface area contributed by atoms with Crippen LogP contribution in [0.4, 0.5) is 0 Å². The average Bonchev–Trinajstić information content (AvgIpc) is 2.84. The van der Waals surface area contributed by atoms with E-state index < -0.39 is 9.84 Å². The van der Waals surface area contributed by atoms with Gasteiger partial charge in [-0.1, -0.05) is 20.3 Å². The molecular formula is C14H27N3O3S. The molecule has 0 saturated heterocycles. The molecule has 7 heteroatoms. The van der Waals surface area contributed by atoms with Crippen LogP contribution < -0.4 is 5.32 Å². The van der Waals surface area contributed by atoms with Crippen LogP contribution in [0, 0.1) is 0 Å². The predicted octanol–water partition coefficient (Wildman–Crippen LogP) is 1.01. The van der Waals surface area contributed by atoms with Gasteiger partial charge in [0.15, 0.2) is 9.84 Å². The zero-order valence-corrected chi connectivity index (χ0v) is 14.1. The molecule has 21 heavy (non-hydrogen) atoms. The van der Waals surface area contributed by atoms with Gasteiger partial charge in [0.1, 0.15) is 0 Å². The van der Waals surface area contributed by atoms with Crippen LogP contribution in [0.1, 0.15) is 31.5 Å². The van der Waals surface area contributed by atoms with Crippen LogP contribution in [-0.2, 0) is 34.1 Å². The van der Waals surface area contributed by atoms with Crippen molar-refractivity contribution in [2.45, 2.75) is 39.8 Å². The molecule has 122 valence electrons. The van der Waals surface area contributed by atoms with Crippen molar-refractivity contribution in [2.24, 2.45) is 0 Å². The molecule has 0 spiro atoms. The topological polar surface area (TPSA) is 73.2 Å². The number of sulfone groups is 1. The fourth-order valence-electron chi connectivity index (χ4n) is 2.08. The van der Waals surface area contributed by atoms with Crippen molar-refractivity contribution in [1.29, 1.82) is 0 Å². The second-order valence-corrected chi connectivity index (χ2v) is 7.47. The van der Waals surface area contributed by atoms with Crippen LogP contribution in [0.2, 0.25) is 0 Å². The monoisotopic (exact) mass is 317 g/mol. The Balaban J connectivity index is 2.69. The van der Waals surface area contributed by atoms with Gasteiger partial charge in [-0.25, -0.2) is 8.42 Å². The third-order valence-corrected chi connectivity index (χ3v) is 5.06. The number of nitrogens with one attached hydrogen (secondary N) is 1. The van der Waals surface area contributed by atoms with E-state index >= 15 is 0 Å². The average molecular weight is 317 g/mol. The van der Waals surface area contributed by atoms with Gasteiger partial charge in [0.05, 0.1) is 25.1 Å². The Kier molecular flexibility index (Phi) is 7.92. The molecule has 0 aliphatic rings. The van der Waals surface area contributed by atoms with Gasteiger partial charge in [-0.15, -0.1) is 0 Å². The van der Waals surface area contributed by atoms with Gasteiger partial charge in [0.25, 0.3) is 0 Å². The summed E-state index contributed by atoms with van der Waals surface area (Å²) in [6.45, 7) is 6.42. The van der Waals surface area contributed by atoms with Gasteiger partial charge in [-0.3, -0.25) is 4.68 Å². The van der Waals surface area contributed by atoms with E-state index in [1.54, 1.807) is 14.0 Å². The summed E-state index contributed by atoms with van der Waals surface area (Å²) in [6.07, 6.45) is 3.76. The molecule has 0 aromatic carbocycles. The minimum Gasteiger partial charge on any atom is -0.383 e. The summed E-state index contributed by atoms with van der Waals surface area (Å²) in [5.41, 5.74) is 2.27. The molecule has 0 amide bonds. The van der Waals surface area contributed by atoms with Gasteiger partial charge in [-0.05, 0) is 6.42 Å². The molecule has 1 heterocycles. The molecule has 6 nitrogen and oxygen atoms in total. The highest BCUT2D eigenvalue weighted by Crippen LogP contribution is 2.11. The molecule has 1 aromatic heterocycles. The molecule has 1 aromatic rings. The quantitative estimate of drug-likeness (QED) is 0.617. The number of ether oxygens (including phenoxy) is 1. The summed E-state index contributed by atoms with van der Waals surface area (Å²) >= 11 is 0. The van der Waals surface area contributed by atoms with Crippen LogP contribution >= 0.6 is 0 Å². The highest BCUT2D eigenvalue weighted by molar-refractivity contribution is 7.91. The maximum atomic E-state index is 11.6. The molecule has 1 rings (SSSR count). The number of aromatic nitrogens is 2. The molecular weight excluding hydrogens is 290 g/mol. The van der Waals surface area contributed by atoms with E-state index in [-0.39, 0.29) is 11.5 Å². The third kappa shape index (κ3) is 6.15. The Bertz CT molecular complexity index is 512. The number of methoxy groups -OCH3 is 1. The molecule has 0 bridgehead atoms. The highest BCUT2D eigenvalue weighted by atomic mass is 32.2. The summed E-state index contributed by atoms with van der Waals surface area (Å²) < 4.78 is 30.1. The normalized spacial score (nSPS) is 12.0. The Hall–Kier alpha value is -0.920. The predicted molar refractivity (Wildman–Crippen MR) is 84.1 cm³/mol. The Morgan fingerprint density at radius 3 is 2.76 bits per heavy atom.